The Morgan fingerprint density at radius 2 is 2.15 bits per heavy atom. The number of pyridine rings is 1. The first-order valence-electron chi connectivity index (χ1n) is 4.62. The maximum Gasteiger partial charge on any atom is 0.107 e. The van der Waals surface area contributed by atoms with Gasteiger partial charge in [0.05, 0.1) is 0 Å². The van der Waals surface area contributed by atoms with Gasteiger partial charge in [0.2, 0.25) is 0 Å². The summed E-state index contributed by atoms with van der Waals surface area (Å²) in [6.07, 6.45) is 1.61. The third kappa shape index (κ3) is 2.93. The predicted octanol–water partition coefficient (Wildman–Crippen LogP) is 1.38. The second-order valence-electron chi connectivity index (χ2n) is 4.15. The Kier molecular flexibility index (Phi) is 3.22. The van der Waals surface area contributed by atoms with Crippen LogP contribution in [0.4, 0.5) is 0 Å². The molecular weight excluding hydrogens is 178 g/mol. The summed E-state index contributed by atoms with van der Waals surface area (Å²) < 4.78 is 0. The Balaban J connectivity index is 2.81. The molecule has 0 aliphatic carbocycles. The van der Waals surface area contributed by atoms with Gasteiger partial charge in [-0.25, -0.2) is 0 Å². The third-order valence-corrected chi connectivity index (χ3v) is 5.46. The van der Waals surface area contributed by atoms with Crippen LogP contribution in [0.15, 0.2) is 24.4 Å². The van der Waals surface area contributed by atoms with Crippen LogP contribution in [-0.2, 0) is 0 Å². The molecule has 13 heavy (non-hydrogen) atoms. The molecule has 0 fully saturated rings. The van der Waals surface area contributed by atoms with Gasteiger partial charge < -0.3 is 5.11 Å². The smallest absolute Gasteiger partial charge is 0.107 e. The monoisotopic (exact) mass is 195 g/mol. The van der Waals surface area contributed by atoms with Crippen LogP contribution in [0.2, 0.25) is 19.1 Å². The fourth-order valence-corrected chi connectivity index (χ4v) is 4.26. The highest BCUT2D eigenvalue weighted by molar-refractivity contribution is 6.89. The minimum Gasteiger partial charge on any atom is -0.394 e. The van der Waals surface area contributed by atoms with E-state index in [1.165, 1.54) is 5.32 Å². The molecule has 1 rings (SSSR count). The van der Waals surface area contributed by atoms with Crippen LogP contribution in [-0.4, -0.2) is 24.3 Å². The predicted molar refractivity (Wildman–Crippen MR) is 57.8 cm³/mol. The summed E-state index contributed by atoms with van der Waals surface area (Å²) in [6, 6.07) is 6.88. The summed E-state index contributed by atoms with van der Waals surface area (Å²) >= 11 is 0. The van der Waals surface area contributed by atoms with Gasteiger partial charge in [0.1, 0.15) is 8.07 Å². The molecule has 0 spiro atoms. The van der Waals surface area contributed by atoms with Crippen molar-refractivity contribution in [2.24, 2.45) is 0 Å². The zero-order chi connectivity index (χ0) is 9.90. The number of hydrogen-bond acceptors (Lipinski definition) is 2. The molecule has 0 saturated heterocycles. The molecule has 1 atom stereocenters. The highest BCUT2D eigenvalue weighted by Crippen LogP contribution is 2.10. The van der Waals surface area contributed by atoms with Crippen molar-refractivity contribution in [1.82, 2.24) is 4.98 Å². The van der Waals surface area contributed by atoms with Gasteiger partial charge in [0.15, 0.2) is 0 Å². The van der Waals surface area contributed by atoms with E-state index in [0.717, 1.165) is 6.04 Å². The van der Waals surface area contributed by atoms with Gasteiger partial charge in [-0.2, -0.15) is 0 Å². The average molecular weight is 195 g/mol. The summed E-state index contributed by atoms with van der Waals surface area (Å²) in [4.78, 5) is 4.35. The number of rotatable bonds is 3. The Morgan fingerprint density at radius 1 is 1.46 bits per heavy atom. The van der Waals surface area contributed by atoms with E-state index in [4.69, 9.17) is 0 Å². The van der Waals surface area contributed by atoms with Crippen molar-refractivity contribution < 1.29 is 5.11 Å². The summed E-state index contributed by atoms with van der Waals surface area (Å²) in [7, 11) is -1.50. The number of aliphatic hydroxyl groups is 1. The molecule has 1 unspecified atom stereocenters. The molecule has 3 heteroatoms. The first kappa shape index (κ1) is 10.4. The maximum absolute atomic E-state index is 9.36. The van der Waals surface area contributed by atoms with Crippen molar-refractivity contribution >= 4 is 13.4 Å². The van der Waals surface area contributed by atoms with Crippen molar-refractivity contribution in [1.29, 1.82) is 0 Å². The minimum absolute atomic E-state index is 0.219. The molecule has 0 aromatic carbocycles. The zero-order valence-corrected chi connectivity index (χ0v) is 9.49. The van der Waals surface area contributed by atoms with Crippen molar-refractivity contribution in [2.75, 3.05) is 0 Å². The Labute approximate surface area is 80.7 Å². The number of aromatic nitrogens is 1. The summed E-state index contributed by atoms with van der Waals surface area (Å²) in [5.74, 6) is 0. The van der Waals surface area contributed by atoms with Crippen LogP contribution in [0.25, 0.3) is 0 Å². The lowest BCUT2D eigenvalue weighted by molar-refractivity contribution is 0.214. The molecule has 0 aliphatic heterocycles. The normalized spacial score (nSPS) is 14.2. The number of hydrogen-bond donors (Lipinski definition) is 1. The standard InChI is InChI=1S/C10H17NOSi/c1-9(12)8-13(2,3)10-6-4-5-7-11-10/h4-7,9,12H,8H2,1-3H3. The van der Waals surface area contributed by atoms with Crippen molar-refractivity contribution in [2.45, 2.75) is 32.2 Å². The SMILES string of the molecule is CC(O)C[Si](C)(C)c1ccccn1. The average Bonchev–Trinajstić information content (AvgIpc) is 2.04. The topological polar surface area (TPSA) is 33.1 Å². The van der Waals surface area contributed by atoms with E-state index in [1.54, 1.807) is 0 Å². The molecule has 2 nitrogen and oxygen atoms in total. The van der Waals surface area contributed by atoms with Crippen LogP contribution >= 0.6 is 0 Å². The van der Waals surface area contributed by atoms with Crippen LogP contribution in [0.5, 0.6) is 0 Å². The molecule has 0 amide bonds. The lowest BCUT2D eigenvalue weighted by Gasteiger charge is -2.22. The maximum atomic E-state index is 9.36. The molecule has 1 heterocycles. The van der Waals surface area contributed by atoms with Crippen LogP contribution in [0.1, 0.15) is 6.92 Å². The van der Waals surface area contributed by atoms with Gasteiger partial charge in [-0.05, 0) is 25.1 Å². The van der Waals surface area contributed by atoms with E-state index in [2.05, 4.69) is 24.1 Å². The molecule has 1 aromatic heterocycles. The van der Waals surface area contributed by atoms with E-state index in [1.807, 2.05) is 25.3 Å². The molecule has 72 valence electrons. The van der Waals surface area contributed by atoms with Gasteiger partial charge in [0, 0.05) is 17.6 Å². The molecule has 0 radical (unpaired) electrons. The largest absolute Gasteiger partial charge is 0.394 e. The van der Waals surface area contributed by atoms with E-state index >= 15 is 0 Å². The Morgan fingerprint density at radius 3 is 2.62 bits per heavy atom. The molecular formula is C10H17NOSi. The zero-order valence-electron chi connectivity index (χ0n) is 8.49. The highest BCUT2D eigenvalue weighted by atomic mass is 28.3. The van der Waals surface area contributed by atoms with Gasteiger partial charge in [-0.1, -0.05) is 19.2 Å². The number of nitrogens with zero attached hydrogens (tertiary/aromatic N) is 1. The molecule has 0 aliphatic rings. The van der Waals surface area contributed by atoms with Crippen LogP contribution in [0, 0.1) is 0 Å². The summed E-state index contributed by atoms with van der Waals surface area (Å²) in [6.45, 7) is 6.32. The van der Waals surface area contributed by atoms with Crippen LogP contribution in [0.3, 0.4) is 0 Å². The van der Waals surface area contributed by atoms with Gasteiger partial charge >= 0.3 is 0 Å². The molecule has 0 bridgehead atoms. The molecule has 1 aromatic rings. The first-order chi connectivity index (χ1) is 6.02. The Hall–Kier alpha value is -0.673. The van der Waals surface area contributed by atoms with E-state index in [9.17, 15) is 5.11 Å². The lowest BCUT2D eigenvalue weighted by Crippen LogP contribution is -2.45. The molecule has 0 saturated carbocycles. The van der Waals surface area contributed by atoms with Crippen molar-refractivity contribution in [3.05, 3.63) is 24.4 Å². The van der Waals surface area contributed by atoms with E-state index in [-0.39, 0.29) is 6.10 Å². The van der Waals surface area contributed by atoms with Crippen molar-refractivity contribution in [3.63, 3.8) is 0 Å². The fourth-order valence-electron chi connectivity index (χ4n) is 1.61. The molecule has 1 N–H and O–H groups in total. The highest BCUT2D eigenvalue weighted by Gasteiger charge is 2.26. The quantitative estimate of drug-likeness (QED) is 0.739. The van der Waals surface area contributed by atoms with Gasteiger partial charge in [-0.15, -0.1) is 0 Å². The third-order valence-electron chi connectivity index (χ3n) is 2.16. The van der Waals surface area contributed by atoms with Gasteiger partial charge in [0.25, 0.3) is 0 Å². The van der Waals surface area contributed by atoms with Crippen molar-refractivity contribution in [3.8, 4) is 0 Å². The second kappa shape index (κ2) is 4.02. The van der Waals surface area contributed by atoms with E-state index in [0.29, 0.717) is 0 Å². The number of aliphatic hydroxyl groups excluding tert-OH is 1. The minimum atomic E-state index is -1.50. The second-order valence-corrected chi connectivity index (χ2v) is 8.84. The van der Waals surface area contributed by atoms with Gasteiger partial charge in [-0.3, -0.25) is 4.98 Å². The summed E-state index contributed by atoms with van der Waals surface area (Å²) in [5.41, 5.74) is 0. The van der Waals surface area contributed by atoms with Crippen LogP contribution < -0.4 is 5.32 Å². The Bertz CT molecular complexity index is 259. The summed E-state index contributed by atoms with van der Waals surface area (Å²) in [5, 5.41) is 10.5. The van der Waals surface area contributed by atoms with E-state index < -0.39 is 8.07 Å². The lowest BCUT2D eigenvalue weighted by atomic mass is 10.5. The fraction of sp³-hybridized carbons (Fsp3) is 0.500. The first-order valence-corrected chi connectivity index (χ1v) is 7.82.